The molecule has 7 aromatic carbocycles. The van der Waals surface area contributed by atoms with Crippen molar-refractivity contribution in [3.05, 3.63) is 209 Å². The van der Waals surface area contributed by atoms with E-state index in [9.17, 15) is 0 Å². The van der Waals surface area contributed by atoms with Crippen molar-refractivity contribution in [2.45, 2.75) is 19.4 Å². The number of aliphatic imine (C=N–C) groups is 3. The summed E-state index contributed by atoms with van der Waals surface area (Å²) in [5, 5.41) is 2.44. The third-order valence-electron chi connectivity index (χ3n) is 10.2. The Morgan fingerprint density at radius 3 is 2.15 bits per heavy atom. The molecule has 54 heavy (non-hydrogen) atoms. The summed E-state index contributed by atoms with van der Waals surface area (Å²) in [5.74, 6) is 1.18. The molecular formula is C50H38N4. The zero-order chi connectivity index (χ0) is 36.3. The molecule has 0 spiro atoms. The second-order valence-electron chi connectivity index (χ2n) is 13.6. The van der Waals surface area contributed by atoms with Crippen molar-refractivity contribution in [3.63, 3.8) is 0 Å². The first-order chi connectivity index (χ1) is 26.7. The van der Waals surface area contributed by atoms with Gasteiger partial charge in [-0.2, -0.15) is 0 Å². The Morgan fingerprint density at radius 2 is 1.31 bits per heavy atom. The van der Waals surface area contributed by atoms with Crippen LogP contribution in [-0.4, -0.2) is 18.4 Å². The second-order valence-corrected chi connectivity index (χ2v) is 13.6. The number of fused-ring (bicyclic) bond motifs is 5. The van der Waals surface area contributed by atoms with Crippen molar-refractivity contribution in [1.82, 2.24) is 0 Å². The predicted octanol–water partition coefficient (Wildman–Crippen LogP) is 12.4. The third kappa shape index (κ3) is 6.39. The highest BCUT2D eigenvalue weighted by Gasteiger charge is 2.24. The van der Waals surface area contributed by atoms with Gasteiger partial charge in [0.1, 0.15) is 0 Å². The monoisotopic (exact) mass is 694 g/mol. The lowest BCUT2D eigenvalue weighted by atomic mass is 9.99. The maximum atomic E-state index is 5.05. The Bertz CT molecular complexity index is 2640. The molecule has 9 rings (SSSR count). The van der Waals surface area contributed by atoms with Gasteiger partial charge in [0, 0.05) is 27.8 Å². The van der Waals surface area contributed by atoms with E-state index in [2.05, 4.69) is 138 Å². The van der Waals surface area contributed by atoms with E-state index in [-0.39, 0.29) is 0 Å². The van der Waals surface area contributed by atoms with Crippen molar-refractivity contribution in [2.24, 2.45) is 15.0 Å². The van der Waals surface area contributed by atoms with Crippen LogP contribution in [0.3, 0.4) is 0 Å². The molecule has 0 N–H and O–H groups in total. The first-order valence-corrected chi connectivity index (χ1v) is 18.4. The smallest absolute Gasteiger partial charge is 0.161 e. The molecule has 0 amide bonds. The highest BCUT2D eigenvalue weighted by atomic mass is 15.1. The molecule has 0 fully saturated rings. The van der Waals surface area contributed by atoms with Crippen LogP contribution >= 0.6 is 0 Å². The third-order valence-corrected chi connectivity index (χ3v) is 10.2. The summed E-state index contributed by atoms with van der Waals surface area (Å²) in [5.41, 5.74) is 14.1. The fraction of sp³-hybridized carbons (Fsp3) is 0.0600. The van der Waals surface area contributed by atoms with Gasteiger partial charge in [-0.3, -0.25) is 4.99 Å². The van der Waals surface area contributed by atoms with Gasteiger partial charge in [0.2, 0.25) is 0 Å². The van der Waals surface area contributed by atoms with E-state index in [0.717, 1.165) is 46.6 Å². The number of anilines is 3. The first-order valence-electron chi connectivity index (χ1n) is 18.4. The molecule has 0 saturated carbocycles. The normalized spacial score (nSPS) is 13.3. The molecule has 0 radical (unpaired) electrons. The SMILES string of the molecule is C=N/C(=N\C(=N/Cc1ccc2c(c1)Cc1ccc(N(c3cccc4c3C=CCC=C4)c3cccc4ccccc34)cc1-2)c1ccccc1)c1ccccc1. The molecule has 0 aliphatic heterocycles. The molecule has 0 aromatic heterocycles. The number of benzene rings is 7. The van der Waals surface area contributed by atoms with Crippen LogP contribution in [0.2, 0.25) is 0 Å². The maximum absolute atomic E-state index is 5.05. The van der Waals surface area contributed by atoms with Crippen molar-refractivity contribution in [1.29, 1.82) is 0 Å². The largest absolute Gasteiger partial charge is 0.309 e. The van der Waals surface area contributed by atoms with Gasteiger partial charge >= 0.3 is 0 Å². The van der Waals surface area contributed by atoms with E-state index >= 15 is 0 Å². The molecule has 0 saturated heterocycles. The number of hydrogen-bond donors (Lipinski definition) is 0. The van der Waals surface area contributed by atoms with Gasteiger partial charge in [-0.15, -0.1) is 0 Å². The summed E-state index contributed by atoms with van der Waals surface area (Å²) in [4.78, 5) is 16.7. The maximum Gasteiger partial charge on any atom is 0.161 e. The van der Waals surface area contributed by atoms with E-state index in [1.54, 1.807) is 0 Å². The van der Waals surface area contributed by atoms with Crippen LogP contribution < -0.4 is 4.90 Å². The quantitative estimate of drug-likeness (QED) is 0.121. The minimum atomic E-state index is 0.498. The zero-order valence-corrected chi connectivity index (χ0v) is 29.9. The van der Waals surface area contributed by atoms with Crippen LogP contribution in [0.5, 0.6) is 0 Å². The lowest BCUT2D eigenvalue weighted by Crippen LogP contribution is -2.12. The molecule has 0 bridgehead atoms. The van der Waals surface area contributed by atoms with Crippen molar-refractivity contribution in [3.8, 4) is 11.1 Å². The molecule has 0 heterocycles. The number of nitrogens with zero attached hydrogens (tertiary/aromatic N) is 4. The number of allylic oxidation sites excluding steroid dienone is 2. The number of amidine groups is 2. The standard InChI is InChI=1S/C50H38N4/c1-51-49(38-17-6-2-7-18-38)53-50(39-19-8-3-9-20-39)52-34-35-27-30-43-41(31-35)32-40-28-29-42(33-46(40)43)54(48-26-14-22-37-16-11-12-24-45(37)48)47-25-13-21-36-15-5-4-10-23-44(36)47/h2-3,5-31,33H,1,4,32,34H2/b52-50-,53-49-. The molecule has 0 atom stereocenters. The fourth-order valence-electron chi connectivity index (χ4n) is 7.65. The summed E-state index contributed by atoms with van der Waals surface area (Å²) in [6.45, 7) is 4.30. The molecule has 7 aromatic rings. The lowest BCUT2D eigenvalue weighted by molar-refractivity contribution is 1.05. The van der Waals surface area contributed by atoms with Crippen LogP contribution in [0.25, 0.3) is 34.1 Å². The average Bonchev–Trinajstić information content (AvgIpc) is 3.40. The number of hydrogen-bond acceptors (Lipinski definition) is 2. The minimum absolute atomic E-state index is 0.498. The van der Waals surface area contributed by atoms with Crippen LogP contribution in [0.1, 0.15) is 45.4 Å². The summed E-state index contributed by atoms with van der Waals surface area (Å²) < 4.78 is 0. The highest BCUT2D eigenvalue weighted by Crippen LogP contribution is 2.46. The summed E-state index contributed by atoms with van der Waals surface area (Å²) in [6, 6.07) is 55.7. The van der Waals surface area contributed by atoms with E-state index in [1.165, 1.54) is 44.2 Å². The van der Waals surface area contributed by atoms with Crippen LogP contribution in [-0.2, 0) is 13.0 Å². The molecule has 2 aliphatic rings. The zero-order valence-electron chi connectivity index (χ0n) is 29.9. The van der Waals surface area contributed by atoms with Crippen LogP contribution in [0.4, 0.5) is 17.1 Å². The molecule has 4 heteroatoms. The molecule has 2 aliphatic carbocycles. The molecular weight excluding hydrogens is 657 g/mol. The van der Waals surface area contributed by atoms with Gasteiger partial charge in [0.05, 0.1) is 17.9 Å². The molecule has 4 nitrogen and oxygen atoms in total. The Kier molecular flexibility index (Phi) is 8.92. The summed E-state index contributed by atoms with van der Waals surface area (Å²) in [7, 11) is 0. The number of rotatable bonds is 7. The van der Waals surface area contributed by atoms with Crippen LogP contribution in [0.15, 0.2) is 185 Å². The average molecular weight is 695 g/mol. The van der Waals surface area contributed by atoms with Crippen molar-refractivity contribution in [2.75, 3.05) is 4.90 Å². The Labute approximate surface area is 316 Å². The molecule has 258 valence electrons. The van der Waals surface area contributed by atoms with E-state index in [4.69, 9.17) is 9.98 Å². The highest BCUT2D eigenvalue weighted by molar-refractivity contribution is 6.12. The van der Waals surface area contributed by atoms with Crippen molar-refractivity contribution < 1.29 is 0 Å². The van der Waals surface area contributed by atoms with Gasteiger partial charge in [0.15, 0.2) is 11.7 Å². The van der Waals surface area contributed by atoms with Gasteiger partial charge in [0.25, 0.3) is 0 Å². The van der Waals surface area contributed by atoms with Crippen molar-refractivity contribution >= 4 is 58.4 Å². The fourth-order valence-corrected chi connectivity index (χ4v) is 7.65. The lowest BCUT2D eigenvalue weighted by Gasteiger charge is -2.29. The van der Waals surface area contributed by atoms with Gasteiger partial charge in [-0.05, 0) is 82.6 Å². The summed E-state index contributed by atoms with van der Waals surface area (Å²) >= 11 is 0. The minimum Gasteiger partial charge on any atom is -0.309 e. The second kappa shape index (κ2) is 14.6. The Hall–Kier alpha value is -6.91. The Morgan fingerprint density at radius 1 is 0.593 bits per heavy atom. The predicted molar refractivity (Wildman–Crippen MR) is 229 cm³/mol. The van der Waals surface area contributed by atoms with Gasteiger partial charge in [-0.1, -0.05) is 158 Å². The summed E-state index contributed by atoms with van der Waals surface area (Å²) in [6.07, 6.45) is 10.8. The van der Waals surface area contributed by atoms with E-state index in [0.29, 0.717) is 18.2 Å². The topological polar surface area (TPSA) is 40.3 Å². The Balaban J connectivity index is 1.10. The molecule has 0 unspecified atom stereocenters. The van der Waals surface area contributed by atoms with Gasteiger partial charge < -0.3 is 4.90 Å². The first kappa shape index (κ1) is 33.0. The van der Waals surface area contributed by atoms with E-state index in [1.807, 2.05) is 60.7 Å². The van der Waals surface area contributed by atoms with Crippen LogP contribution in [0, 0.1) is 0 Å². The van der Waals surface area contributed by atoms with Gasteiger partial charge in [-0.25, -0.2) is 9.98 Å². The van der Waals surface area contributed by atoms with E-state index < -0.39 is 0 Å².